The van der Waals surface area contributed by atoms with Crippen molar-refractivity contribution in [2.75, 3.05) is 0 Å². The fourth-order valence-corrected chi connectivity index (χ4v) is 1.73. The molecule has 0 radical (unpaired) electrons. The highest BCUT2D eigenvalue weighted by Crippen LogP contribution is 2.46. The minimum absolute atomic E-state index is 0.249. The van der Waals surface area contributed by atoms with Gasteiger partial charge in [0.2, 0.25) is 0 Å². The van der Waals surface area contributed by atoms with E-state index >= 15 is 0 Å². The van der Waals surface area contributed by atoms with Gasteiger partial charge >= 0.3 is 0 Å². The molecule has 0 aromatic rings. The Bertz CT molecular complexity index is 205. The minimum atomic E-state index is 0.249. The fraction of sp³-hybridized carbons (Fsp3) is 0.750. The van der Waals surface area contributed by atoms with E-state index in [9.17, 15) is 0 Å². The molecule has 0 aromatic carbocycles. The lowest BCUT2D eigenvalue weighted by molar-refractivity contribution is -0.0133. The molecule has 0 aromatic heterocycles. The topological polar surface area (TPSA) is 35.2 Å². The highest BCUT2D eigenvalue weighted by atomic mass is 16.5. The van der Waals surface area contributed by atoms with Crippen LogP contribution in [0.3, 0.4) is 0 Å². The van der Waals surface area contributed by atoms with Crippen LogP contribution in [0.4, 0.5) is 0 Å². The maximum atomic E-state index is 5.70. The summed E-state index contributed by atoms with van der Waals surface area (Å²) in [4.78, 5) is 0. The van der Waals surface area contributed by atoms with E-state index in [0.717, 1.165) is 24.3 Å². The predicted octanol–water partition coefficient (Wildman–Crippen LogP) is 1.38. The number of rotatable bonds is 0. The van der Waals surface area contributed by atoms with Gasteiger partial charge in [0.05, 0.1) is 5.70 Å². The molecule has 1 aliphatic carbocycles. The molecule has 0 spiro atoms. The van der Waals surface area contributed by atoms with Crippen LogP contribution < -0.4 is 5.73 Å². The van der Waals surface area contributed by atoms with Crippen molar-refractivity contribution in [1.82, 2.24) is 0 Å². The van der Waals surface area contributed by atoms with E-state index in [4.69, 9.17) is 10.5 Å². The van der Waals surface area contributed by atoms with E-state index in [2.05, 4.69) is 13.8 Å². The lowest BCUT2D eigenvalue weighted by atomic mass is 9.75. The van der Waals surface area contributed by atoms with Crippen LogP contribution >= 0.6 is 0 Å². The molecule has 1 fully saturated rings. The highest BCUT2D eigenvalue weighted by molar-refractivity contribution is 5.24. The van der Waals surface area contributed by atoms with Gasteiger partial charge in [-0.25, -0.2) is 0 Å². The summed E-state index contributed by atoms with van der Waals surface area (Å²) in [6.45, 7) is 4.52. The molecule has 56 valence electrons. The van der Waals surface area contributed by atoms with Crippen molar-refractivity contribution in [3.63, 3.8) is 0 Å². The molecule has 0 amide bonds. The van der Waals surface area contributed by atoms with Crippen LogP contribution in [0.5, 0.6) is 0 Å². The van der Waals surface area contributed by atoms with Gasteiger partial charge in [-0.2, -0.15) is 0 Å². The smallest absolute Gasteiger partial charge is 0.141 e. The first-order valence-corrected chi connectivity index (χ1v) is 3.74. The van der Waals surface area contributed by atoms with E-state index in [1.807, 2.05) is 0 Å². The Morgan fingerprint density at radius 1 is 1.60 bits per heavy atom. The number of hydrogen-bond acceptors (Lipinski definition) is 2. The second-order valence-corrected chi connectivity index (χ2v) is 4.03. The summed E-state index contributed by atoms with van der Waals surface area (Å²) < 4.78 is 5.38. The Hall–Kier alpha value is -0.660. The van der Waals surface area contributed by atoms with Crippen LogP contribution in [0.2, 0.25) is 0 Å². The van der Waals surface area contributed by atoms with E-state index in [0.29, 0.717) is 5.41 Å². The molecule has 2 bridgehead atoms. The Kier molecular flexibility index (Phi) is 0.908. The van der Waals surface area contributed by atoms with Crippen LogP contribution in [0, 0.1) is 5.41 Å². The highest BCUT2D eigenvalue weighted by Gasteiger charge is 2.42. The lowest BCUT2D eigenvalue weighted by Gasteiger charge is -2.45. The number of nitrogens with two attached hydrogens (primary N) is 1. The average Bonchev–Trinajstić information content (AvgIpc) is 1.85. The zero-order valence-corrected chi connectivity index (χ0v) is 6.48. The maximum Gasteiger partial charge on any atom is 0.141 e. The van der Waals surface area contributed by atoms with Gasteiger partial charge in [0.1, 0.15) is 11.9 Å². The second kappa shape index (κ2) is 1.49. The van der Waals surface area contributed by atoms with Gasteiger partial charge in [-0.05, 0) is 11.8 Å². The van der Waals surface area contributed by atoms with Gasteiger partial charge in [0.15, 0.2) is 0 Å². The van der Waals surface area contributed by atoms with Crippen molar-refractivity contribution < 1.29 is 4.74 Å². The third kappa shape index (κ3) is 0.648. The third-order valence-electron chi connectivity index (χ3n) is 2.33. The number of hydrogen-bond donors (Lipinski definition) is 1. The lowest BCUT2D eigenvalue weighted by Crippen LogP contribution is -2.43. The molecule has 2 aliphatic heterocycles. The van der Waals surface area contributed by atoms with E-state index in [-0.39, 0.29) is 6.10 Å². The van der Waals surface area contributed by atoms with Crippen LogP contribution in [-0.4, -0.2) is 6.10 Å². The Balaban J connectivity index is 2.24. The molecule has 0 saturated carbocycles. The first-order valence-electron chi connectivity index (χ1n) is 3.74. The Labute approximate surface area is 61.0 Å². The monoisotopic (exact) mass is 139 g/mol. The van der Waals surface area contributed by atoms with Gasteiger partial charge in [-0.1, -0.05) is 13.8 Å². The first kappa shape index (κ1) is 6.08. The molecule has 1 saturated heterocycles. The van der Waals surface area contributed by atoms with Gasteiger partial charge in [-0.15, -0.1) is 0 Å². The molecule has 2 heteroatoms. The van der Waals surface area contributed by atoms with Crippen LogP contribution in [-0.2, 0) is 4.74 Å². The first-order chi connectivity index (χ1) is 4.58. The van der Waals surface area contributed by atoms with Crippen LogP contribution in [0.1, 0.15) is 26.7 Å². The Morgan fingerprint density at radius 3 is 2.60 bits per heavy atom. The van der Waals surface area contributed by atoms with Crippen molar-refractivity contribution in [3.05, 3.63) is 11.5 Å². The normalized spacial score (nSPS) is 34.8. The van der Waals surface area contributed by atoms with Gasteiger partial charge in [0, 0.05) is 6.42 Å². The van der Waals surface area contributed by atoms with Crippen LogP contribution in [0.25, 0.3) is 0 Å². The third-order valence-corrected chi connectivity index (χ3v) is 2.33. The molecule has 2 N–H and O–H groups in total. The molecule has 10 heavy (non-hydrogen) atoms. The van der Waals surface area contributed by atoms with Gasteiger partial charge in [0.25, 0.3) is 0 Å². The van der Waals surface area contributed by atoms with Crippen molar-refractivity contribution in [1.29, 1.82) is 0 Å². The molecule has 3 aliphatic rings. The van der Waals surface area contributed by atoms with Crippen molar-refractivity contribution in [2.24, 2.45) is 11.1 Å². The molecular weight excluding hydrogens is 126 g/mol. The van der Waals surface area contributed by atoms with Crippen LogP contribution in [0.15, 0.2) is 11.5 Å². The zero-order valence-electron chi connectivity index (χ0n) is 6.48. The van der Waals surface area contributed by atoms with Crippen molar-refractivity contribution in [3.8, 4) is 0 Å². The molecule has 3 rings (SSSR count). The quantitative estimate of drug-likeness (QED) is 0.550. The standard InChI is InChI=1S/C8H13NO/c1-8(2)3-5-7(9)6(4-8)10-5/h5H,3-4,9H2,1-2H3. The summed E-state index contributed by atoms with van der Waals surface area (Å²) in [5, 5.41) is 0. The molecule has 1 atom stereocenters. The largest absolute Gasteiger partial charge is 0.486 e. The molecule has 2 nitrogen and oxygen atoms in total. The number of fused-ring (bicyclic) bond motifs is 2. The summed E-state index contributed by atoms with van der Waals surface area (Å²) in [6.07, 6.45) is 2.36. The summed E-state index contributed by atoms with van der Waals surface area (Å²) in [6, 6.07) is 0. The van der Waals surface area contributed by atoms with Gasteiger partial charge in [-0.3, -0.25) is 0 Å². The predicted molar refractivity (Wildman–Crippen MR) is 39.1 cm³/mol. The molecular formula is C8H13NO. The number of allylic oxidation sites excluding steroid dienone is 1. The Morgan fingerprint density at radius 2 is 2.30 bits per heavy atom. The number of ether oxygens (including phenoxy) is 1. The summed E-state index contributed by atoms with van der Waals surface area (Å²) in [7, 11) is 0. The van der Waals surface area contributed by atoms with E-state index in [1.165, 1.54) is 0 Å². The van der Waals surface area contributed by atoms with E-state index < -0.39 is 0 Å². The van der Waals surface area contributed by atoms with E-state index in [1.54, 1.807) is 0 Å². The second-order valence-electron chi connectivity index (χ2n) is 4.03. The minimum Gasteiger partial charge on any atom is -0.486 e. The summed E-state index contributed by atoms with van der Waals surface area (Å²) in [5.41, 5.74) is 7.12. The summed E-state index contributed by atoms with van der Waals surface area (Å²) in [5.74, 6) is 1.04. The van der Waals surface area contributed by atoms with Crippen molar-refractivity contribution in [2.45, 2.75) is 32.8 Å². The molecule has 1 unspecified atom stereocenters. The average molecular weight is 139 g/mol. The zero-order chi connectivity index (χ0) is 7.35. The van der Waals surface area contributed by atoms with Crippen molar-refractivity contribution >= 4 is 0 Å². The SMILES string of the molecule is CC1(C)CC2=C(N)C(C1)O2. The summed E-state index contributed by atoms with van der Waals surface area (Å²) >= 11 is 0. The fourth-order valence-electron chi connectivity index (χ4n) is 1.73. The maximum absolute atomic E-state index is 5.70. The molecule has 2 heterocycles. The van der Waals surface area contributed by atoms with Gasteiger partial charge < -0.3 is 10.5 Å².